The Morgan fingerprint density at radius 2 is 2.14 bits per heavy atom. The predicted octanol–water partition coefficient (Wildman–Crippen LogP) is 3.04. The lowest BCUT2D eigenvalue weighted by Gasteiger charge is -2.27. The first-order valence-corrected chi connectivity index (χ1v) is 9.92. The number of nitrogens with zero attached hydrogens (tertiary/aromatic N) is 3. The van der Waals surface area contributed by atoms with Gasteiger partial charge in [0.05, 0.1) is 30.3 Å². The average Bonchev–Trinajstić information content (AvgIpc) is 3.22. The number of hydrogen-bond acceptors (Lipinski definition) is 6. The van der Waals surface area contributed by atoms with Crippen molar-refractivity contribution in [3.8, 4) is 17.1 Å². The molecule has 1 saturated heterocycles. The summed E-state index contributed by atoms with van der Waals surface area (Å²) >= 11 is 0. The highest BCUT2D eigenvalue weighted by Crippen LogP contribution is 2.33. The Hall–Kier alpha value is -2.64. The zero-order valence-corrected chi connectivity index (χ0v) is 17.7. The molecule has 3 N–H and O–H groups in total. The number of pyridine rings is 2. The lowest BCUT2D eigenvalue weighted by Crippen LogP contribution is -2.34. The maximum atomic E-state index is 10.6. The lowest BCUT2D eigenvalue weighted by molar-refractivity contribution is 0.0752. The number of nitrogens with one attached hydrogen (secondary N) is 2. The number of hydrogen-bond donors (Lipinski definition) is 3. The Morgan fingerprint density at radius 1 is 1.34 bits per heavy atom. The van der Waals surface area contributed by atoms with Gasteiger partial charge in [-0.2, -0.15) is 0 Å². The summed E-state index contributed by atoms with van der Waals surface area (Å²) in [5.74, 6) is 1.46. The van der Waals surface area contributed by atoms with E-state index in [4.69, 9.17) is 9.72 Å². The van der Waals surface area contributed by atoms with Gasteiger partial charge >= 0.3 is 0 Å². The Morgan fingerprint density at radius 3 is 2.79 bits per heavy atom. The fraction of sp³-hybridized carbons (Fsp3) is 0.455. The average molecular weight is 396 g/mol. The first-order valence-electron chi connectivity index (χ1n) is 9.92. The molecule has 3 aromatic rings. The van der Waals surface area contributed by atoms with Gasteiger partial charge in [-0.15, -0.1) is 0 Å². The van der Waals surface area contributed by atoms with E-state index in [2.05, 4.69) is 29.5 Å². The van der Waals surface area contributed by atoms with Crippen molar-refractivity contribution in [3.05, 3.63) is 42.2 Å². The van der Waals surface area contributed by atoms with Crippen molar-refractivity contribution in [2.24, 2.45) is 5.41 Å². The molecule has 0 spiro atoms. The Labute approximate surface area is 171 Å². The third kappa shape index (κ3) is 3.68. The van der Waals surface area contributed by atoms with Gasteiger partial charge in [-0.3, -0.25) is 4.40 Å². The Balaban J connectivity index is 1.73. The Kier molecular flexibility index (Phi) is 4.75. The second kappa shape index (κ2) is 7.00. The van der Waals surface area contributed by atoms with Crippen LogP contribution in [0.25, 0.3) is 17.0 Å². The maximum Gasteiger partial charge on any atom is 0.140 e. The second-order valence-corrected chi connectivity index (χ2v) is 8.91. The van der Waals surface area contributed by atoms with E-state index in [9.17, 15) is 5.11 Å². The molecule has 4 heterocycles. The summed E-state index contributed by atoms with van der Waals surface area (Å²) in [6.07, 6.45) is 3.68. The van der Waals surface area contributed by atoms with E-state index in [1.807, 2.05) is 34.9 Å². The van der Waals surface area contributed by atoms with Gasteiger partial charge in [-0.05, 0) is 31.4 Å². The topological polar surface area (TPSA) is 83.7 Å². The van der Waals surface area contributed by atoms with Crippen molar-refractivity contribution in [2.75, 3.05) is 25.5 Å². The van der Waals surface area contributed by atoms with Crippen LogP contribution in [0.5, 0.6) is 5.75 Å². The number of imidazole rings is 1. The standard InChI is InChI=1S/C22H29N5O2/c1-21(2)13-23-11-18(21)26-19-8-6-7-15(25-19)16-10-24-20-9-17(29-5)14(12-27(16)20)22(3,4)28/h6-10,12,18,23,28H,11,13H2,1-5H3,(H,25,26). The van der Waals surface area contributed by atoms with Gasteiger partial charge in [0.1, 0.15) is 17.2 Å². The van der Waals surface area contributed by atoms with Gasteiger partial charge in [0.15, 0.2) is 0 Å². The number of aliphatic hydroxyl groups is 1. The van der Waals surface area contributed by atoms with E-state index in [1.165, 1.54) is 0 Å². The molecule has 0 amide bonds. The van der Waals surface area contributed by atoms with E-state index in [0.717, 1.165) is 35.9 Å². The molecule has 3 aromatic heterocycles. The SMILES string of the molecule is COc1cc2ncc(-c3cccc(NC4CNCC4(C)C)n3)n2cc1C(C)(C)O. The zero-order valence-electron chi connectivity index (χ0n) is 17.7. The van der Waals surface area contributed by atoms with Gasteiger partial charge < -0.3 is 20.5 Å². The van der Waals surface area contributed by atoms with Crippen LogP contribution in [0.1, 0.15) is 33.3 Å². The van der Waals surface area contributed by atoms with Gasteiger partial charge in [0.25, 0.3) is 0 Å². The molecule has 1 atom stereocenters. The number of fused-ring (bicyclic) bond motifs is 1. The fourth-order valence-electron chi connectivity index (χ4n) is 3.84. The molecule has 0 aromatic carbocycles. The van der Waals surface area contributed by atoms with Crippen molar-refractivity contribution in [2.45, 2.75) is 39.3 Å². The van der Waals surface area contributed by atoms with Crippen LogP contribution in [0.2, 0.25) is 0 Å². The zero-order chi connectivity index (χ0) is 20.8. The quantitative estimate of drug-likeness (QED) is 0.616. The van der Waals surface area contributed by atoms with Gasteiger partial charge in [0.2, 0.25) is 0 Å². The number of aromatic nitrogens is 3. The molecule has 4 rings (SSSR count). The maximum absolute atomic E-state index is 10.6. The van der Waals surface area contributed by atoms with Gasteiger partial charge in [0, 0.05) is 37.0 Å². The van der Waals surface area contributed by atoms with Crippen LogP contribution in [0, 0.1) is 5.41 Å². The number of ether oxygens (including phenoxy) is 1. The summed E-state index contributed by atoms with van der Waals surface area (Å²) < 4.78 is 7.41. The molecule has 29 heavy (non-hydrogen) atoms. The van der Waals surface area contributed by atoms with E-state index in [-0.39, 0.29) is 5.41 Å². The Bertz CT molecular complexity index is 1040. The molecular weight excluding hydrogens is 366 g/mol. The molecule has 154 valence electrons. The van der Waals surface area contributed by atoms with Crippen LogP contribution in [-0.4, -0.2) is 45.7 Å². The second-order valence-electron chi connectivity index (χ2n) is 8.91. The van der Waals surface area contributed by atoms with Gasteiger partial charge in [-0.1, -0.05) is 19.9 Å². The summed E-state index contributed by atoms with van der Waals surface area (Å²) in [5, 5.41) is 17.6. The van der Waals surface area contributed by atoms with Crippen molar-refractivity contribution in [3.63, 3.8) is 0 Å². The molecule has 0 radical (unpaired) electrons. The van der Waals surface area contributed by atoms with Crippen molar-refractivity contribution >= 4 is 11.5 Å². The molecule has 1 unspecified atom stereocenters. The van der Waals surface area contributed by atoms with Crippen LogP contribution in [0.3, 0.4) is 0 Å². The van der Waals surface area contributed by atoms with Crippen molar-refractivity contribution < 1.29 is 9.84 Å². The molecule has 1 aliphatic heterocycles. The third-order valence-electron chi connectivity index (χ3n) is 5.69. The summed E-state index contributed by atoms with van der Waals surface area (Å²) in [7, 11) is 1.60. The van der Waals surface area contributed by atoms with E-state index >= 15 is 0 Å². The monoisotopic (exact) mass is 395 g/mol. The lowest BCUT2D eigenvalue weighted by atomic mass is 9.88. The van der Waals surface area contributed by atoms with Crippen LogP contribution in [0.15, 0.2) is 36.7 Å². The fourth-order valence-corrected chi connectivity index (χ4v) is 3.84. The smallest absolute Gasteiger partial charge is 0.140 e. The van der Waals surface area contributed by atoms with E-state index in [0.29, 0.717) is 17.4 Å². The minimum Gasteiger partial charge on any atom is -0.496 e. The van der Waals surface area contributed by atoms with Crippen LogP contribution in [0.4, 0.5) is 5.82 Å². The first-order chi connectivity index (χ1) is 13.7. The number of methoxy groups -OCH3 is 1. The van der Waals surface area contributed by atoms with Crippen LogP contribution in [-0.2, 0) is 5.60 Å². The molecular formula is C22H29N5O2. The molecule has 0 bridgehead atoms. The first kappa shape index (κ1) is 19.7. The van der Waals surface area contributed by atoms with E-state index in [1.54, 1.807) is 27.2 Å². The van der Waals surface area contributed by atoms with E-state index < -0.39 is 5.60 Å². The number of anilines is 1. The van der Waals surface area contributed by atoms with Gasteiger partial charge in [-0.25, -0.2) is 9.97 Å². The summed E-state index contributed by atoms with van der Waals surface area (Å²) in [6, 6.07) is 8.12. The van der Waals surface area contributed by atoms with Crippen LogP contribution < -0.4 is 15.4 Å². The highest BCUT2D eigenvalue weighted by atomic mass is 16.5. The molecule has 0 saturated carbocycles. The van der Waals surface area contributed by atoms with Crippen molar-refractivity contribution in [1.82, 2.24) is 19.7 Å². The molecule has 0 aliphatic carbocycles. The minimum atomic E-state index is -1.04. The highest BCUT2D eigenvalue weighted by molar-refractivity contribution is 5.64. The summed E-state index contributed by atoms with van der Waals surface area (Å²) in [4.78, 5) is 9.35. The predicted molar refractivity (Wildman–Crippen MR) is 114 cm³/mol. The molecule has 7 heteroatoms. The molecule has 1 fully saturated rings. The van der Waals surface area contributed by atoms with Crippen LogP contribution >= 0.6 is 0 Å². The minimum absolute atomic E-state index is 0.166. The molecule has 1 aliphatic rings. The molecule has 7 nitrogen and oxygen atoms in total. The third-order valence-corrected chi connectivity index (χ3v) is 5.69. The van der Waals surface area contributed by atoms with Crippen molar-refractivity contribution in [1.29, 1.82) is 0 Å². The summed E-state index contributed by atoms with van der Waals surface area (Å²) in [5.41, 5.74) is 2.24. The highest BCUT2D eigenvalue weighted by Gasteiger charge is 2.34. The largest absolute Gasteiger partial charge is 0.496 e. The number of rotatable bonds is 5. The normalized spacial score (nSPS) is 18.9. The summed E-state index contributed by atoms with van der Waals surface area (Å²) in [6.45, 7) is 9.90.